The summed E-state index contributed by atoms with van der Waals surface area (Å²) in [7, 11) is 0. The van der Waals surface area contributed by atoms with Gasteiger partial charge in [0.05, 0.1) is 0 Å². The van der Waals surface area contributed by atoms with E-state index in [9.17, 15) is 9.59 Å². The Balaban J connectivity index is 2.23. The van der Waals surface area contributed by atoms with Crippen molar-refractivity contribution in [3.8, 4) is 0 Å². The Morgan fingerprint density at radius 3 is 2.50 bits per heavy atom. The topological polar surface area (TPSA) is 69.6 Å². The molecule has 0 spiro atoms. The third-order valence-corrected chi connectivity index (χ3v) is 2.52. The van der Waals surface area contributed by atoms with E-state index < -0.39 is 11.9 Å². The summed E-state index contributed by atoms with van der Waals surface area (Å²) in [6.45, 7) is 4.49. The molecule has 1 saturated heterocycles. The number of carboxylic acid groups (broad SMARTS) is 1. The quantitative estimate of drug-likeness (QED) is 0.612. The first-order valence-corrected chi connectivity index (χ1v) is 4.86. The molecule has 1 unspecified atom stereocenters. The van der Waals surface area contributed by atoms with Crippen molar-refractivity contribution in [2.45, 2.75) is 25.8 Å². The number of hydrogen-bond donors (Lipinski definition) is 2. The predicted octanol–water partition coefficient (Wildman–Crippen LogP) is -0.328. The summed E-state index contributed by atoms with van der Waals surface area (Å²) in [5.41, 5.74) is 0. The molecule has 0 bridgehead atoms. The third-order valence-electron chi connectivity index (χ3n) is 2.52. The molecule has 5 heteroatoms. The number of likely N-dealkylation sites (tertiary alicyclic amines) is 1. The summed E-state index contributed by atoms with van der Waals surface area (Å²) in [4.78, 5) is 23.2. The lowest BCUT2D eigenvalue weighted by Gasteiger charge is -2.23. The van der Waals surface area contributed by atoms with E-state index in [-0.39, 0.29) is 6.04 Å². The van der Waals surface area contributed by atoms with E-state index in [1.807, 2.05) is 6.92 Å². The van der Waals surface area contributed by atoms with Gasteiger partial charge in [-0.1, -0.05) is 0 Å². The molecule has 0 radical (unpaired) electrons. The lowest BCUT2D eigenvalue weighted by molar-refractivity contribution is -0.150. The second-order valence-electron chi connectivity index (χ2n) is 3.61. The van der Waals surface area contributed by atoms with Crippen molar-refractivity contribution in [2.24, 2.45) is 0 Å². The Labute approximate surface area is 83.1 Å². The number of rotatable bonds is 3. The number of amides is 1. The van der Waals surface area contributed by atoms with Crippen molar-refractivity contribution in [3.63, 3.8) is 0 Å². The van der Waals surface area contributed by atoms with Gasteiger partial charge in [0.2, 0.25) is 0 Å². The first-order chi connectivity index (χ1) is 6.61. The van der Waals surface area contributed by atoms with Crippen LogP contribution in [0.15, 0.2) is 0 Å². The average molecular weight is 200 g/mol. The molecule has 1 atom stereocenters. The Kier molecular flexibility index (Phi) is 3.88. The van der Waals surface area contributed by atoms with Crippen molar-refractivity contribution in [1.29, 1.82) is 0 Å². The zero-order chi connectivity index (χ0) is 10.6. The Hall–Kier alpha value is -1.10. The van der Waals surface area contributed by atoms with Gasteiger partial charge in [0.25, 0.3) is 0 Å². The maximum absolute atomic E-state index is 10.7. The Morgan fingerprint density at radius 1 is 1.43 bits per heavy atom. The first kappa shape index (κ1) is 11.0. The van der Waals surface area contributed by atoms with Gasteiger partial charge in [0, 0.05) is 12.6 Å². The normalized spacial score (nSPS) is 19.2. The monoisotopic (exact) mass is 200 g/mol. The van der Waals surface area contributed by atoms with Crippen LogP contribution in [0, 0.1) is 0 Å². The van der Waals surface area contributed by atoms with Crippen LogP contribution in [0.3, 0.4) is 0 Å². The van der Waals surface area contributed by atoms with Crippen LogP contribution in [-0.4, -0.2) is 47.6 Å². The molecule has 0 aromatic carbocycles. The molecule has 1 rings (SSSR count). The van der Waals surface area contributed by atoms with Crippen LogP contribution < -0.4 is 5.32 Å². The molecule has 0 saturated carbocycles. The number of carboxylic acids is 1. The molecule has 5 nitrogen and oxygen atoms in total. The highest BCUT2D eigenvalue weighted by atomic mass is 16.4. The molecule has 0 aliphatic carbocycles. The van der Waals surface area contributed by atoms with Gasteiger partial charge in [-0.25, -0.2) is 4.79 Å². The maximum atomic E-state index is 10.7. The SMILES string of the molecule is CC(CNC(=O)C(=O)O)N1CCCC1. The number of hydrogen-bond acceptors (Lipinski definition) is 3. The van der Waals surface area contributed by atoms with Crippen molar-refractivity contribution in [3.05, 3.63) is 0 Å². The fourth-order valence-corrected chi connectivity index (χ4v) is 1.63. The molecule has 1 aliphatic rings. The zero-order valence-electron chi connectivity index (χ0n) is 8.32. The molecular formula is C9H16N2O3. The van der Waals surface area contributed by atoms with Crippen molar-refractivity contribution >= 4 is 11.9 Å². The lowest BCUT2D eigenvalue weighted by Crippen LogP contribution is -2.42. The lowest BCUT2D eigenvalue weighted by atomic mass is 10.3. The molecule has 2 N–H and O–H groups in total. The summed E-state index contributed by atoms with van der Waals surface area (Å²) in [6.07, 6.45) is 2.38. The third kappa shape index (κ3) is 2.99. The van der Waals surface area contributed by atoms with Gasteiger partial charge in [0.1, 0.15) is 0 Å². The van der Waals surface area contributed by atoms with Crippen molar-refractivity contribution in [2.75, 3.05) is 19.6 Å². The molecule has 0 aromatic rings. The number of aliphatic carboxylic acids is 1. The second-order valence-corrected chi connectivity index (χ2v) is 3.61. The fourth-order valence-electron chi connectivity index (χ4n) is 1.63. The van der Waals surface area contributed by atoms with Crippen molar-refractivity contribution < 1.29 is 14.7 Å². The molecule has 0 aromatic heterocycles. The molecule has 1 fully saturated rings. The number of nitrogens with one attached hydrogen (secondary N) is 1. The van der Waals surface area contributed by atoms with Gasteiger partial charge < -0.3 is 10.4 Å². The van der Waals surface area contributed by atoms with Crippen molar-refractivity contribution in [1.82, 2.24) is 10.2 Å². The van der Waals surface area contributed by atoms with Gasteiger partial charge in [-0.05, 0) is 32.9 Å². The van der Waals surface area contributed by atoms with Gasteiger partial charge in [-0.3, -0.25) is 9.69 Å². The van der Waals surface area contributed by atoms with Crippen LogP contribution in [-0.2, 0) is 9.59 Å². The van der Waals surface area contributed by atoms with E-state index in [2.05, 4.69) is 10.2 Å². The Bertz CT molecular complexity index is 224. The van der Waals surface area contributed by atoms with Gasteiger partial charge in [0.15, 0.2) is 0 Å². The number of carbonyl (C=O) groups excluding carboxylic acids is 1. The van der Waals surface area contributed by atoms with E-state index in [1.54, 1.807) is 0 Å². The van der Waals surface area contributed by atoms with E-state index in [0.717, 1.165) is 13.1 Å². The zero-order valence-corrected chi connectivity index (χ0v) is 8.32. The second kappa shape index (κ2) is 4.95. The molecule has 80 valence electrons. The maximum Gasteiger partial charge on any atom is 0.394 e. The van der Waals surface area contributed by atoms with Crippen LogP contribution >= 0.6 is 0 Å². The summed E-state index contributed by atoms with van der Waals surface area (Å²) >= 11 is 0. The summed E-state index contributed by atoms with van der Waals surface area (Å²) in [5, 5.41) is 10.7. The van der Waals surface area contributed by atoms with Crippen LogP contribution in [0.4, 0.5) is 0 Å². The van der Waals surface area contributed by atoms with E-state index >= 15 is 0 Å². The molecular weight excluding hydrogens is 184 g/mol. The van der Waals surface area contributed by atoms with Crippen LogP contribution in [0.2, 0.25) is 0 Å². The smallest absolute Gasteiger partial charge is 0.394 e. The van der Waals surface area contributed by atoms with Crippen LogP contribution in [0.25, 0.3) is 0 Å². The van der Waals surface area contributed by atoms with Gasteiger partial charge >= 0.3 is 11.9 Å². The minimum absolute atomic E-state index is 0.223. The molecule has 1 heterocycles. The van der Waals surface area contributed by atoms with Crippen LogP contribution in [0.1, 0.15) is 19.8 Å². The minimum atomic E-state index is -1.42. The fraction of sp³-hybridized carbons (Fsp3) is 0.778. The molecule has 1 amide bonds. The highest BCUT2D eigenvalue weighted by Gasteiger charge is 2.19. The van der Waals surface area contributed by atoms with E-state index in [1.165, 1.54) is 12.8 Å². The Morgan fingerprint density at radius 2 is 2.00 bits per heavy atom. The van der Waals surface area contributed by atoms with E-state index in [0.29, 0.717) is 6.54 Å². The number of carbonyl (C=O) groups is 2. The predicted molar refractivity (Wildman–Crippen MR) is 50.9 cm³/mol. The summed E-state index contributed by atoms with van der Waals surface area (Å²) in [6, 6.07) is 0.223. The minimum Gasteiger partial charge on any atom is -0.474 e. The highest BCUT2D eigenvalue weighted by Crippen LogP contribution is 2.10. The largest absolute Gasteiger partial charge is 0.474 e. The van der Waals surface area contributed by atoms with E-state index in [4.69, 9.17) is 5.11 Å². The average Bonchev–Trinajstić information content (AvgIpc) is 2.66. The van der Waals surface area contributed by atoms with Gasteiger partial charge in [-0.2, -0.15) is 0 Å². The summed E-state index contributed by atoms with van der Waals surface area (Å²) in [5.74, 6) is -2.34. The van der Waals surface area contributed by atoms with Gasteiger partial charge in [-0.15, -0.1) is 0 Å². The first-order valence-electron chi connectivity index (χ1n) is 4.86. The highest BCUT2D eigenvalue weighted by molar-refractivity contribution is 6.31. The number of nitrogens with zero attached hydrogens (tertiary/aromatic N) is 1. The molecule has 14 heavy (non-hydrogen) atoms. The standard InChI is InChI=1S/C9H16N2O3/c1-7(11-4-2-3-5-11)6-10-8(12)9(13)14/h7H,2-6H2,1H3,(H,10,12)(H,13,14). The van der Waals surface area contributed by atoms with Crippen LogP contribution in [0.5, 0.6) is 0 Å². The summed E-state index contributed by atoms with van der Waals surface area (Å²) < 4.78 is 0. The molecule has 1 aliphatic heterocycles.